The number of fused-ring (bicyclic) bond motifs is 4. The molecule has 1 aromatic rings. The van der Waals surface area contributed by atoms with Gasteiger partial charge in [0, 0.05) is 0 Å². The SMILES string of the molecule is CC(C)(C)C1CCC2C(C1)C1CC(C(C)(C)C)CCC1C2C1(C)CC(C)(C)C2CC(c3ccccc3)CC21. The van der Waals surface area contributed by atoms with Crippen LogP contribution < -0.4 is 0 Å². The van der Waals surface area contributed by atoms with Crippen LogP contribution in [0.25, 0.3) is 0 Å². The summed E-state index contributed by atoms with van der Waals surface area (Å²) in [6.07, 6.45) is 13.5. The molecule has 0 heterocycles. The molecule has 0 heteroatoms. The topological polar surface area (TPSA) is 0 Å². The molecular formula is C38H60. The van der Waals surface area contributed by atoms with Gasteiger partial charge in [-0.25, -0.2) is 0 Å². The third kappa shape index (κ3) is 4.36. The fourth-order valence-electron chi connectivity index (χ4n) is 12.4. The normalized spacial score (nSPS) is 46.4. The molecule has 1 aromatic carbocycles. The van der Waals surface area contributed by atoms with E-state index in [1.54, 1.807) is 5.56 Å². The van der Waals surface area contributed by atoms with Gasteiger partial charge < -0.3 is 0 Å². The summed E-state index contributed by atoms with van der Waals surface area (Å²) in [6, 6.07) is 11.6. The third-order valence-electron chi connectivity index (χ3n) is 14.1. The maximum absolute atomic E-state index is 2.85. The highest BCUT2D eigenvalue weighted by Gasteiger charge is 2.67. The van der Waals surface area contributed by atoms with Crippen molar-refractivity contribution in [3.63, 3.8) is 0 Å². The Kier molecular flexibility index (Phi) is 6.57. The van der Waals surface area contributed by atoms with Gasteiger partial charge in [-0.15, -0.1) is 0 Å². The molecule has 10 atom stereocenters. The number of rotatable bonds is 2. The van der Waals surface area contributed by atoms with Crippen molar-refractivity contribution in [2.24, 2.45) is 74.9 Å². The van der Waals surface area contributed by atoms with Crippen LogP contribution in [0.5, 0.6) is 0 Å². The van der Waals surface area contributed by atoms with Crippen LogP contribution in [0.15, 0.2) is 30.3 Å². The predicted molar refractivity (Wildman–Crippen MR) is 163 cm³/mol. The van der Waals surface area contributed by atoms with E-state index in [4.69, 9.17) is 0 Å². The summed E-state index contributed by atoms with van der Waals surface area (Å²) < 4.78 is 0. The molecule has 5 aliphatic carbocycles. The van der Waals surface area contributed by atoms with E-state index < -0.39 is 0 Å². The summed E-state index contributed by atoms with van der Waals surface area (Å²) in [6.45, 7) is 23.4. The van der Waals surface area contributed by atoms with E-state index in [1.807, 2.05) is 0 Å². The van der Waals surface area contributed by atoms with Gasteiger partial charge in [0.05, 0.1) is 0 Å². The van der Waals surface area contributed by atoms with E-state index in [0.29, 0.717) is 21.7 Å². The Morgan fingerprint density at radius 3 is 1.61 bits per heavy atom. The van der Waals surface area contributed by atoms with E-state index in [9.17, 15) is 0 Å². The average Bonchev–Trinajstić information content (AvgIpc) is 3.48. The maximum atomic E-state index is 2.85. The molecule has 5 fully saturated rings. The van der Waals surface area contributed by atoms with Crippen LogP contribution in [-0.2, 0) is 0 Å². The van der Waals surface area contributed by atoms with Gasteiger partial charge in [0.15, 0.2) is 0 Å². The zero-order valence-electron chi connectivity index (χ0n) is 26.5. The lowest BCUT2D eigenvalue weighted by Gasteiger charge is -2.48. The molecule has 212 valence electrons. The van der Waals surface area contributed by atoms with Gasteiger partial charge in [0.2, 0.25) is 0 Å². The summed E-state index contributed by atoms with van der Waals surface area (Å²) in [4.78, 5) is 0. The Morgan fingerprint density at radius 2 is 1.11 bits per heavy atom. The zero-order chi connectivity index (χ0) is 27.3. The van der Waals surface area contributed by atoms with Crippen molar-refractivity contribution < 1.29 is 0 Å². The quantitative estimate of drug-likeness (QED) is 0.366. The van der Waals surface area contributed by atoms with Crippen LogP contribution in [0.2, 0.25) is 0 Å². The van der Waals surface area contributed by atoms with E-state index in [-0.39, 0.29) is 0 Å². The van der Waals surface area contributed by atoms with Crippen LogP contribution in [0.4, 0.5) is 0 Å². The standard InChI is InChI=1S/C38H60/c1-35(2,3)26-15-17-28-30(21-26)31-22-27(36(4,5)6)16-18-29(31)34(28)38(9)23-37(7,8)32-19-25(20-33(32)38)24-13-11-10-12-14-24/h10-14,25-34H,15-23H2,1-9H3. The van der Waals surface area contributed by atoms with Crippen LogP contribution in [-0.4, -0.2) is 0 Å². The second kappa shape index (κ2) is 9.11. The molecule has 0 spiro atoms. The van der Waals surface area contributed by atoms with Crippen molar-refractivity contribution in [2.75, 3.05) is 0 Å². The van der Waals surface area contributed by atoms with Gasteiger partial charge in [-0.3, -0.25) is 0 Å². The largest absolute Gasteiger partial charge is 0.0622 e. The lowest BCUT2D eigenvalue weighted by molar-refractivity contribution is 0.00857. The van der Waals surface area contributed by atoms with E-state index in [2.05, 4.69) is 92.6 Å². The summed E-state index contributed by atoms with van der Waals surface area (Å²) in [5.74, 6) is 9.43. The van der Waals surface area contributed by atoms with Crippen molar-refractivity contribution >= 4 is 0 Å². The minimum atomic E-state index is 0.468. The molecule has 0 aromatic heterocycles. The monoisotopic (exact) mass is 516 g/mol. The zero-order valence-corrected chi connectivity index (χ0v) is 26.5. The van der Waals surface area contributed by atoms with Crippen molar-refractivity contribution in [1.82, 2.24) is 0 Å². The molecule has 5 aliphatic rings. The molecule has 6 rings (SSSR count). The first-order valence-electron chi connectivity index (χ1n) is 16.7. The van der Waals surface area contributed by atoms with Crippen LogP contribution >= 0.6 is 0 Å². The smallest absolute Gasteiger partial charge is 0.0156 e. The van der Waals surface area contributed by atoms with Crippen molar-refractivity contribution in [3.05, 3.63) is 35.9 Å². The first-order chi connectivity index (χ1) is 17.7. The van der Waals surface area contributed by atoms with Gasteiger partial charge in [-0.05, 0) is 144 Å². The predicted octanol–water partition coefficient (Wildman–Crippen LogP) is 11.0. The molecular weight excluding hydrogens is 456 g/mol. The fraction of sp³-hybridized carbons (Fsp3) is 0.842. The number of benzene rings is 1. The Morgan fingerprint density at radius 1 is 0.605 bits per heavy atom. The first-order valence-corrected chi connectivity index (χ1v) is 16.7. The average molecular weight is 517 g/mol. The van der Waals surface area contributed by atoms with Crippen molar-refractivity contribution in [2.45, 2.75) is 126 Å². The first kappa shape index (κ1) is 27.4. The molecule has 0 N–H and O–H groups in total. The van der Waals surface area contributed by atoms with Crippen molar-refractivity contribution in [1.29, 1.82) is 0 Å². The molecule has 0 aliphatic heterocycles. The second-order valence-corrected chi connectivity index (χ2v) is 18.4. The molecule has 10 unspecified atom stereocenters. The van der Waals surface area contributed by atoms with Crippen LogP contribution in [0.1, 0.15) is 132 Å². The molecule has 38 heavy (non-hydrogen) atoms. The van der Waals surface area contributed by atoms with E-state index in [0.717, 1.165) is 59.2 Å². The number of hydrogen-bond donors (Lipinski definition) is 0. The van der Waals surface area contributed by atoms with E-state index in [1.165, 1.54) is 57.8 Å². The second-order valence-electron chi connectivity index (χ2n) is 18.4. The van der Waals surface area contributed by atoms with Gasteiger partial charge in [-0.2, -0.15) is 0 Å². The minimum Gasteiger partial charge on any atom is -0.0622 e. The Balaban J connectivity index is 1.35. The molecule has 5 saturated carbocycles. The van der Waals surface area contributed by atoms with Gasteiger partial charge in [0.1, 0.15) is 0 Å². The minimum absolute atomic E-state index is 0.468. The lowest BCUT2D eigenvalue weighted by atomic mass is 9.57. The Bertz CT molecular complexity index is 949. The Labute approximate surface area is 236 Å². The molecule has 0 amide bonds. The fourth-order valence-corrected chi connectivity index (χ4v) is 12.4. The number of hydrogen-bond acceptors (Lipinski definition) is 0. The Hall–Kier alpha value is -0.780. The summed E-state index contributed by atoms with van der Waals surface area (Å²) in [5, 5.41) is 0. The van der Waals surface area contributed by atoms with E-state index >= 15 is 0 Å². The van der Waals surface area contributed by atoms with Crippen LogP contribution in [0, 0.1) is 74.9 Å². The highest BCUT2D eigenvalue weighted by Crippen LogP contribution is 2.74. The van der Waals surface area contributed by atoms with Gasteiger partial charge >= 0.3 is 0 Å². The summed E-state index contributed by atoms with van der Waals surface area (Å²) >= 11 is 0. The summed E-state index contributed by atoms with van der Waals surface area (Å²) in [7, 11) is 0. The lowest BCUT2D eigenvalue weighted by Crippen LogP contribution is -2.41. The van der Waals surface area contributed by atoms with Gasteiger partial charge in [0.25, 0.3) is 0 Å². The van der Waals surface area contributed by atoms with Gasteiger partial charge in [-0.1, -0.05) is 92.6 Å². The molecule has 0 radical (unpaired) electrons. The molecule has 0 bridgehead atoms. The third-order valence-corrected chi connectivity index (χ3v) is 14.1. The highest BCUT2D eigenvalue weighted by atomic mass is 14.7. The molecule has 0 saturated heterocycles. The molecule has 0 nitrogen and oxygen atoms in total. The van der Waals surface area contributed by atoms with Crippen molar-refractivity contribution in [3.8, 4) is 0 Å². The maximum Gasteiger partial charge on any atom is -0.0156 e. The van der Waals surface area contributed by atoms with Crippen LogP contribution in [0.3, 0.4) is 0 Å². The highest BCUT2D eigenvalue weighted by molar-refractivity contribution is 5.24. The summed E-state index contributed by atoms with van der Waals surface area (Å²) in [5.41, 5.74) is 3.58.